The number of nitrogens with zero attached hydrogens (tertiary/aromatic N) is 3. The van der Waals surface area contributed by atoms with Gasteiger partial charge in [0, 0.05) is 5.69 Å². The Morgan fingerprint density at radius 3 is 3.06 bits per heavy atom. The minimum absolute atomic E-state index is 0.335. The van der Waals surface area contributed by atoms with Gasteiger partial charge in [0.05, 0.1) is 12.7 Å². The van der Waals surface area contributed by atoms with Gasteiger partial charge in [0.25, 0.3) is 5.95 Å². The molecule has 0 radical (unpaired) electrons. The predicted octanol–water partition coefficient (Wildman–Crippen LogP) is 0.730. The van der Waals surface area contributed by atoms with Gasteiger partial charge in [0.2, 0.25) is 0 Å². The number of benzene rings is 1. The number of aromatic nitrogens is 4. The zero-order valence-corrected chi connectivity index (χ0v) is 8.47. The second-order valence-electron chi connectivity index (χ2n) is 2.93. The van der Waals surface area contributed by atoms with Gasteiger partial charge in [-0.2, -0.15) is 5.21 Å². The number of H-pyrrole nitrogens is 1. The van der Waals surface area contributed by atoms with E-state index in [2.05, 4.69) is 30.7 Å². The number of tetrazole rings is 1. The van der Waals surface area contributed by atoms with E-state index in [0.717, 1.165) is 0 Å². The van der Waals surface area contributed by atoms with Crippen molar-refractivity contribution in [3.8, 4) is 0 Å². The topological polar surface area (TPSA) is 92.8 Å². The van der Waals surface area contributed by atoms with Crippen molar-refractivity contribution < 1.29 is 9.53 Å². The molecule has 0 aliphatic rings. The number of aromatic amines is 1. The molecule has 2 aromatic rings. The van der Waals surface area contributed by atoms with Crippen molar-refractivity contribution in [2.45, 2.75) is 0 Å². The van der Waals surface area contributed by atoms with Crippen LogP contribution in [0, 0.1) is 0 Å². The standard InChI is InChI=1S/C9H9N5O2/c1-16-8(15)6-3-2-4-7(5-6)10-9-11-13-14-12-9/h2-5H,1H3,(H2,10,11,12,13,14). The summed E-state index contributed by atoms with van der Waals surface area (Å²) in [7, 11) is 1.33. The Hall–Kier alpha value is -2.44. The van der Waals surface area contributed by atoms with Crippen LogP contribution in [0.4, 0.5) is 11.6 Å². The van der Waals surface area contributed by atoms with Gasteiger partial charge in [-0.1, -0.05) is 11.2 Å². The third kappa shape index (κ3) is 2.14. The molecule has 1 aromatic heterocycles. The van der Waals surface area contributed by atoms with E-state index >= 15 is 0 Å². The first-order chi connectivity index (χ1) is 7.79. The molecule has 2 N–H and O–H groups in total. The molecule has 0 bridgehead atoms. The number of hydrogen-bond donors (Lipinski definition) is 2. The molecule has 0 saturated carbocycles. The van der Waals surface area contributed by atoms with E-state index in [1.165, 1.54) is 7.11 Å². The Balaban J connectivity index is 2.19. The molecular weight excluding hydrogens is 210 g/mol. The fraction of sp³-hybridized carbons (Fsp3) is 0.111. The van der Waals surface area contributed by atoms with E-state index in [-0.39, 0.29) is 0 Å². The highest BCUT2D eigenvalue weighted by Crippen LogP contribution is 2.14. The molecule has 0 aliphatic heterocycles. The van der Waals surface area contributed by atoms with Gasteiger partial charge in [-0.3, -0.25) is 0 Å². The summed E-state index contributed by atoms with van der Waals surface area (Å²) in [5, 5.41) is 16.1. The van der Waals surface area contributed by atoms with Crippen LogP contribution < -0.4 is 5.32 Å². The Morgan fingerprint density at radius 1 is 1.50 bits per heavy atom. The highest BCUT2D eigenvalue weighted by molar-refractivity contribution is 5.90. The number of anilines is 2. The summed E-state index contributed by atoms with van der Waals surface area (Å²) in [6, 6.07) is 6.81. The van der Waals surface area contributed by atoms with Crippen molar-refractivity contribution in [2.24, 2.45) is 0 Å². The van der Waals surface area contributed by atoms with Crippen LogP contribution in [0.15, 0.2) is 24.3 Å². The zero-order valence-electron chi connectivity index (χ0n) is 8.47. The predicted molar refractivity (Wildman–Crippen MR) is 55.2 cm³/mol. The molecule has 82 valence electrons. The van der Waals surface area contributed by atoms with Gasteiger partial charge in [0.1, 0.15) is 0 Å². The fourth-order valence-corrected chi connectivity index (χ4v) is 1.19. The summed E-state index contributed by atoms with van der Waals surface area (Å²) < 4.78 is 4.61. The van der Waals surface area contributed by atoms with Crippen molar-refractivity contribution in [3.63, 3.8) is 0 Å². The highest BCUT2D eigenvalue weighted by atomic mass is 16.5. The number of ether oxygens (including phenoxy) is 1. The van der Waals surface area contributed by atoms with Crippen LogP contribution in [-0.4, -0.2) is 33.7 Å². The second-order valence-corrected chi connectivity index (χ2v) is 2.93. The Morgan fingerprint density at radius 2 is 2.38 bits per heavy atom. The Kier molecular flexibility index (Phi) is 2.77. The largest absolute Gasteiger partial charge is 0.465 e. The number of methoxy groups -OCH3 is 1. The summed E-state index contributed by atoms with van der Waals surface area (Å²) >= 11 is 0. The summed E-state index contributed by atoms with van der Waals surface area (Å²) in [6.45, 7) is 0. The summed E-state index contributed by atoms with van der Waals surface area (Å²) in [6.07, 6.45) is 0. The van der Waals surface area contributed by atoms with Crippen LogP contribution in [0.3, 0.4) is 0 Å². The molecule has 0 spiro atoms. The van der Waals surface area contributed by atoms with Crippen LogP contribution >= 0.6 is 0 Å². The lowest BCUT2D eigenvalue weighted by molar-refractivity contribution is 0.0601. The maximum absolute atomic E-state index is 11.3. The maximum Gasteiger partial charge on any atom is 0.337 e. The SMILES string of the molecule is COC(=O)c1cccc(Nc2nn[nH]n2)c1. The van der Waals surface area contributed by atoms with E-state index in [9.17, 15) is 4.79 Å². The van der Waals surface area contributed by atoms with E-state index < -0.39 is 5.97 Å². The molecular formula is C9H9N5O2. The fourth-order valence-electron chi connectivity index (χ4n) is 1.19. The minimum Gasteiger partial charge on any atom is -0.465 e. The molecule has 16 heavy (non-hydrogen) atoms. The number of hydrogen-bond acceptors (Lipinski definition) is 6. The first kappa shape index (κ1) is 10.1. The van der Waals surface area contributed by atoms with Crippen molar-refractivity contribution >= 4 is 17.6 Å². The van der Waals surface area contributed by atoms with E-state index in [1.54, 1.807) is 24.3 Å². The number of esters is 1. The van der Waals surface area contributed by atoms with Crippen LogP contribution in [0.2, 0.25) is 0 Å². The average molecular weight is 219 g/mol. The Bertz CT molecular complexity index is 482. The average Bonchev–Trinajstić information content (AvgIpc) is 2.81. The summed E-state index contributed by atoms with van der Waals surface area (Å²) in [4.78, 5) is 11.3. The van der Waals surface area contributed by atoms with Gasteiger partial charge in [-0.15, -0.1) is 5.10 Å². The third-order valence-electron chi connectivity index (χ3n) is 1.89. The lowest BCUT2D eigenvalue weighted by Crippen LogP contribution is -2.02. The molecule has 2 rings (SSSR count). The van der Waals surface area contributed by atoms with Crippen molar-refractivity contribution in [3.05, 3.63) is 29.8 Å². The highest BCUT2D eigenvalue weighted by Gasteiger charge is 2.06. The van der Waals surface area contributed by atoms with Gasteiger partial charge in [-0.05, 0) is 23.4 Å². The van der Waals surface area contributed by atoms with Crippen molar-refractivity contribution in [1.29, 1.82) is 0 Å². The van der Waals surface area contributed by atoms with Crippen LogP contribution in [0.25, 0.3) is 0 Å². The zero-order chi connectivity index (χ0) is 11.4. The molecule has 7 heteroatoms. The minimum atomic E-state index is -0.392. The number of nitrogens with one attached hydrogen (secondary N) is 2. The summed E-state index contributed by atoms with van der Waals surface area (Å²) in [5.41, 5.74) is 1.14. The lowest BCUT2D eigenvalue weighted by Gasteiger charge is -2.03. The first-order valence-corrected chi connectivity index (χ1v) is 4.48. The van der Waals surface area contributed by atoms with E-state index in [4.69, 9.17) is 0 Å². The molecule has 0 fully saturated rings. The van der Waals surface area contributed by atoms with Gasteiger partial charge < -0.3 is 10.1 Å². The monoisotopic (exact) mass is 219 g/mol. The molecule has 0 amide bonds. The quantitative estimate of drug-likeness (QED) is 0.739. The second kappa shape index (κ2) is 4.39. The van der Waals surface area contributed by atoms with Crippen LogP contribution in [0.5, 0.6) is 0 Å². The molecule has 1 aromatic carbocycles. The van der Waals surface area contributed by atoms with Gasteiger partial charge in [0.15, 0.2) is 0 Å². The maximum atomic E-state index is 11.3. The third-order valence-corrected chi connectivity index (χ3v) is 1.89. The number of carbonyl (C=O) groups excluding carboxylic acids is 1. The van der Waals surface area contributed by atoms with Crippen molar-refractivity contribution in [1.82, 2.24) is 20.6 Å². The van der Waals surface area contributed by atoms with Gasteiger partial charge >= 0.3 is 5.97 Å². The molecule has 7 nitrogen and oxygen atoms in total. The van der Waals surface area contributed by atoms with Crippen LogP contribution in [-0.2, 0) is 4.74 Å². The molecule has 0 atom stereocenters. The Labute approximate surface area is 90.8 Å². The molecule has 0 aliphatic carbocycles. The van der Waals surface area contributed by atoms with Gasteiger partial charge in [-0.25, -0.2) is 4.79 Å². The smallest absolute Gasteiger partial charge is 0.337 e. The molecule has 1 heterocycles. The van der Waals surface area contributed by atoms with Crippen LogP contribution in [0.1, 0.15) is 10.4 Å². The lowest BCUT2D eigenvalue weighted by atomic mass is 10.2. The molecule has 0 saturated heterocycles. The van der Waals surface area contributed by atoms with E-state index in [1.807, 2.05) is 0 Å². The normalized spacial score (nSPS) is 9.81. The number of carbonyl (C=O) groups is 1. The number of rotatable bonds is 3. The molecule has 0 unspecified atom stereocenters. The van der Waals surface area contributed by atoms with E-state index in [0.29, 0.717) is 17.2 Å². The first-order valence-electron chi connectivity index (χ1n) is 4.48. The summed E-state index contributed by atoms with van der Waals surface area (Å²) in [5.74, 6) is -0.0567. The van der Waals surface area contributed by atoms with Crippen molar-refractivity contribution in [2.75, 3.05) is 12.4 Å².